The van der Waals surface area contributed by atoms with Crippen LogP contribution in [0.15, 0.2) is 47.3 Å². The number of aromatic nitrogens is 3. The van der Waals surface area contributed by atoms with E-state index in [1.165, 1.54) is 29.7 Å². The second-order valence-corrected chi connectivity index (χ2v) is 7.88. The Morgan fingerprint density at radius 3 is 3.00 bits per heavy atom. The van der Waals surface area contributed by atoms with Crippen LogP contribution in [0.4, 0.5) is 0 Å². The van der Waals surface area contributed by atoms with Crippen LogP contribution >= 0.6 is 11.8 Å². The molecule has 26 heavy (non-hydrogen) atoms. The molecule has 136 valence electrons. The molecule has 1 aromatic heterocycles. The number of thioether (sulfide) groups is 1. The van der Waals surface area contributed by atoms with Gasteiger partial charge in [-0.05, 0) is 43.0 Å². The van der Waals surface area contributed by atoms with Crippen molar-refractivity contribution in [3.8, 4) is 0 Å². The quantitative estimate of drug-likeness (QED) is 0.606. The van der Waals surface area contributed by atoms with Crippen molar-refractivity contribution in [1.29, 1.82) is 0 Å². The first-order valence-electron chi connectivity index (χ1n) is 9.25. The minimum Gasteiger partial charge on any atom is -0.387 e. The van der Waals surface area contributed by atoms with Crippen molar-refractivity contribution in [1.82, 2.24) is 25.4 Å². The van der Waals surface area contributed by atoms with Gasteiger partial charge in [0.1, 0.15) is 0 Å². The lowest BCUT2D eigenvalue weighted by atomic mass is 10.00. The Bertz CT molecular complexity index is 823. The molecule has 0 fully saturated rings. The lowest BCUT2D eigenvalue weighted by Gasteiger charge is -2.28. The summed E-state index contributed by atoms with van der Waals surface area (Å²) in [6.45, 7) is 6.37. The highest BCUT2D eigenvalue weighted by Gasteiger charge is 2.15. The molecule has 2 aliphatic rings. The van der Waals surface area contributed by atoms with Gasteiger partial charge in [0.25, 0.3) is 0 Å². The Balaban J connectivity index is 1.24. The molecule has 0 bridgehead atoms. The number of allylic oxidation sites excluding steroid dienone is 2. The summed E-state index contributed by atoms with van der Waals surface area (Å²) in [4.78, 5) is 7.19. The average molecular weight is 368 g/mol. The smallest absolute Gasteiger partial charge is 0.208 e. The van der Waals surface area contributed by atoms with Crippen LogP contribution in [-0.2, 0) is 13.0 Å². The van der Waals surface area contributed by atoms with Gasteiger partial charge in [0.05, 0.1) is 0 Å². The predicted molar refractivity (Wildman–Crippen MR) is 107 cm³/mol. The molecule has 0 saturated carbocycles. The Hall–Kier alpha value is -2.05. The molecule has 2 N–H and O–H groups in total. The lowest BCUT2D eigenvalue weighted by molar-refractivity contribution is 0.255. The monoisotopic (exact) mass is 367 g/mol. The fourth-order valence-corrected chi connectivity index (χ4v) is 4.20. The normalized spacial score (nSPS) is 17.3. The van der Waals surface area contributed by atoms with Crippen molar-refractivity contribution >= 4 is 17.3 Å². The van der Waals surface area contributed by atoms with Crippen LogP contribution in [-0.4, -0.2) is 45.5 Å². The average Bonchev–Trinajstić information content (AvgIpc) is 3.14. The fraction of sp³-hybridized carbons (Fsp3) is 0.400. The highest BCUT2D eigenvalue weighted by Crippen LogP contribution is 2.23. The van der Waals surface area contributed by atoms with Gasteiger partial charge in [-0.15, -0.1) is 5.10 Å². The highest BCUT2D eigenvalue weighted by atomic mass is 32.2. The highest BCUT2D eigenvalue weighted by molar-refractivity contribution is 7.99. The summed E-state index contributed by atoms with van der Waals surface area (Å²) in [5.41, 5.74) is 5.34. The third-order valence-electron chi connectivity index (χ3n) is 4.98. The standard InChI is InChI=1S/C20H25N5S/c1-15-7-9-21-13-18(15)19-22-20(24-23-19)26-12-4-10-25-11-8-16-5-2-3-6-17(16)14-25/h2-3,5-7,13,21H,4,8-12,14H2,1H3,(H,22,23,24). The van der Waals surface area contributed by atoms with Crippen molar-refractivity contribution < 1.29 is 0 Å². The van der Waals surface area contributed by atoms with Gasteiger partial charge >= 0.3 is 0 Å². The maximum Gasteiger partial charge on any atom is 0.208 e. The number of fused-ring (bicyclic) bond motifs is 1. The van der Waals surface area contributed by atoms with E-state index >= 15 is 0 Å². The number of nitrogens with zero attached hydrogens (tertiary/aromatic N) is 3. The summed E-state index contributed by atoms with van der Waals surface area (Å²) in [6, 6.07) is 8.81. The summed E-state index contributed by atoms with van der Waals surface area (Å²) in [5.74, 6) is 1.89. The van der Waals surface area contributed by atoms with Crippen molar-refractivity contribution in [3.05, 3.63) is 59.1 Å². The maximum absolute atomic E-state index is 4.63. The fourth-order valence-electron chi connectivity index (χ4n) is 3.48. The third kappa shape index (κ3) is 4.02. The molecule has 0 aliphatic carbocycles. The third-order valence-corrected chi connectivity index (χ3v) is 5.91. The SMILES string of the molecule is CC1=CCNC=C1c1nc(SCCCN2CCc3ccccc3C2)n[nH]1. The Kier molecular flexibility index (Phi) is 5.41. The second-order valence-electron chi connectivity index (χ2n) is 6.82. The van der Waals surface area contributed by atoms with Crippen LogP contribution in [0, 0.1) is 0 Å². The van der Waals surface area contributed by atoms with E-state index in [2.05, 4.69) is 62.7 Å². The van der Waals surface area contributed by atoms with Gasteiger partial charge in [-0.25, -0.2) is 4.98 Å². The number of hydrogen-bond donors (Lipinski definition) is 2. The van der Waals surface area contributed by atoms with Crippen molar-refractivity contribution in [3.63, 3.8) is 0 Å². The minimum atomic E-state index is 0.836. The number of H-pyrrole nitrogens is 1. The molecule has 6 heteroatoms. The Morgan fingerprint density at radius 2 is 2.12 bits per heavy atom. The van der Waals surface area contributed by atoms with Gasteiger partial charge in [-0.2, -0.15) is 0 Å². The number of nitrogens with one attached hydrogen (secondary N) is 2. The van der Waals surface area contributed by atoms with Crippen molar-refractivity contribution in [2.75, 3.05) is 25.4 Å². The van der Waals surface area contributed by atoms with E-state index in [-0.39, 0.29) is 0 Å². The van der Waals surface area contributed by atoms with Crippen LogP contribution in [0.25, 0.3) is 5.57 Å². The van der Waals surface area contributed by atoms with Crippen LogP contribution in [0.5, 0.6) is 0 Å². The Labute approximate surface area is 159 Å². The number of rotatable bonds is 6. The van der Waals surface area contributed by atoms with Crippen LogP contribution in [0.2, 0.25) is 0 Å². The van der Waals surface area contributed by atoms with Gasteiger partial charge in [0.2, 0.25) is 5.16 Å². The summed E-state index contributed by atoms with van der Waals surface area (Å²) in [5, 5.41) is 11.5. The minimum absolute atomic E-state index is 0.836. The van der Waals surface area contributed by atoms with Crippen LogP contribution in [0.1, 0.15) is 30.3 Å². The molecule has 2 aromatic rings. The number of hydrogen-bond acceptors (Lipinski definition) is 5. The molecule has 4 rings (SSSR count). The Morgan fingerprint density at radius 1 is 1.23 bits per heavy atom. The lowest BCUT2D eigenvalue weighted by Crippen LogP contribution is -2.31. The number of benzene rings is 1. The summed E-state index contributed by atoms with van der Waals surface area (Å²) in [6.07, 6.45) is 6.50. The second kappa shape index (κ2) is 8.10. The first kappa shape index (κ1) is 17.4. The predicted octanol–water partition coefficient (Wildman–Crippen LogP) is 3.24. The molecule has 0 radical (unpaired) electrons. The molecule has 2 aliphatic heterocycles. The van der Waals surface area contributed by atoms with Crippen LogP contribution < -0.4 is 5.32 Å². The zero-order valence-electron chi connectivity index (χ0n) is 15.2. The first-order chi connectivity index (χ1) is 12.8. The molecule has 0 saturated heterocycles. The molecule has 1 aromatic carbocycles. The molecule has 0 spiro atoms. The maximum atomic E-state index is 4.63. The molecule has 3 heterocycles. The van der Waals surface area contributed by atoms with Crippen LogP contribution in [0.3, 0.4) is 0 Å². The molecule has 0 amide bonds. The van der Waals surface area contributed by atoms with E-state index in [9.17, 15) is 0 Å². The zero-order valence-corrected chi connectivity index (χ0v) is 16.0. The number of aromatic amines is 1. The van der Waals surface area contributed by atoms with Crippen molar-refractivity contribution in [2.45, 2.75) is 31.5 Å². The van der Waals surface area contributed by atoms with E-state index in [0.717, 1.165) is 48.4 Å². The summed E-state index contributed by atoms with van der Waals surface area (Å²) < 4.78 is 0. The van der Waals surface area contributed by atoms with Gasteiger partial charge in [0.15, 0.2) is 5.82 Å². The zero-order chi connectivity index (χ0) is 17.8. The van der Waals surface area contributed by atoms with Gasteiger partial charge in [-0.3, -0.25) is 10.00 Å². The molecular formula is C20H25N5S. The molecule has 5 nitrogen and oxygen atoms in total. The van der Waals surface area contributed by atoms with E-state index in [1.54, 1.807) is 11.8 Å². The summed E-state index contributed by atoms with van der Waals surface area (Å²) >= 11 is 1.73. The van der Waals surface area contributed by atoms with E-state index in [1.807, 2.05) is 6.20 Å². The van der Waals surface area contributed by atoms with Crippen molar-refractivity contribution in [2.24, 2.45) is 0 Å². The molecule has 0 unspecified atom stereocenters. The topological polar surface area (TPSA) is 56.8 Å². The molecule has 0 atom stereocenters. The van der Waals surface area contributed by atoms with Gasteiger partial charge in [-0.1, -0.05) is 42.1 Å². The van der Waals surface area contributed by atoms with E-state index < -0.39 is 0 Å². The summed E-state index contributed by atoms with van der Waals surface area (Å²) in [7, 11) is 0. The van der Waals surface area contributed by atoms with E-state index in [0.29, 0.717) is 0 Å². The van der Waals surface area contributed by atoms with E-state index in [4.69, 9.17) is 0 Å². The first-order valence-corrected chi connectivity index (χ1v) is 10.2. The van der Waals surface area contributed by atoms with Gasteiger partial charge in [0, 0.05) is 37.2 Å². The largest absolute Gasteiger partial charge is 0.387 e. The van der Waals surface area contributed by atoms with Gasteiger partial charge < -0.3 is 5.32 Å². The molecular weight excluding hydrogens is 342 g/mol. The number of dihydropyridines is 1.